The first-order valence-corrected chi connectivity index (χ1v) is 11.5. The van der Waals surface area contributed by atoms with Gasteiger partial charge in [-0.15, -0.1) is 11.3 Å². The topological polar surface area (TPSA) is 132 Å². The minimum Gasteiger partial charge on any atom is -0.382 e. The molecule has 1 amide bonds. The smallest absolute Gasteiger partial charge is 0.258 e. The molecule has 0 saturated carbocycles. The molecular formula is C24H23N7O2S. The summed E-state index contributed by atoms with van der Waals surface area (Å²) < 4.78 is 6.17. The fourth-order valence-electron chi connectivity index (χ4n) is 3.65. The third kappa shape index (κ3) is 3.81. The zero-order valence-corrected chi connectivity index (χ0v) is 19.9. The summed E-state index contributed by atoms with van der Waals surface area (Å²) in [6.45, 7) is 8.12. The molecular weight excluding hydrogens is 450 g/mol. The summed E-state index contributed by atoms with van der Waals surface area (Å²) in [5.41, 5.74) is 8.38. The molecule has 0 unspecified atom stereocenters. The van der Waals surface area contributed by atoms with Crippen molar-refractivity contribution in [2.75, 3.05) is 16.4 Å². The lowest BCUT2D eigenvalue weighted by atomic mass is 9.93. The van der Waals surface area contributed by atoms with Crippen LogP contribution in [-0.4, -0.2) is 26.0 Å². The Morgan fingerprint density at radius 3 is 2.71 bits per heavy atom. The zero-order chi connectivity index (χ0) is 24.0. The van der Waals surface area contributed by atoms with Gasteiger partial charge in [-0.2, -0.15) is 0 Å². The van der Waals surface area contributed by atoms with Crippen molar-refractivity contribution < 1.29 is 9.32 Å². The lowest BCUT2D eigenvalue weighted by molar-refractivity contribution is 0.102. The maximum absolute atomic E-state index is 13.2. The van der Waals surface area contributed by atoms with Crippen LogP contribution < -0.4 is 16.4 Å². The van der Waals surface area contributed by atoms with E-state index in [0.29, 0.717) is 38.9 Å². The van der Waals surface area contributed by atoms with Crippen LogP contribution in [0.15, 0.2) is 46.7 Å². The van der Waals surface area contributed by atoms with Gasteiger partial charge in [-0.3, -0.25) is 4.79 Å². The van der Waals surface area contributed by atoms with E-state index in [1.807, 2.05) is 31.2 Å². The van der Waals surface area contributed by atoms with E-state index in [9.17, 15) is 4.79 Å². The minimum atomic E-state index is -0.266. The molecule has 4 aromatic heterocycles. The number of nitrogens with one attached hydrogen (secondary N) is 2. The monoisotopic (exact) mass is 473 g/mol. The average Bonchev–Trinajstić information content (AvgIpc) is 3.44. The normalized spacial score (nSPS) is 11.8. The van der Waals surface area contributed by atoms with Gasteiger partial charge < -0.3 is 20.9 Å². The molecule has 1 aromatic carbocycles. The van der Waals surface area contributed by atoms with Gasteiger partial charge in [0.15, 0.2) is 5.82 Å². The molecule has 34 heavy (non-hydrogen) atoms. The van der Waals surface area contributed by atoms with Crippen molar-refractivity contribution in [2.24, 2.45) is 0 Å². The van der Waals surface area contributed by atoms with Crippen LogP contribution in [0.1, 0.15) is 42.5 Å². The van der Waals surface area contributed by atoms with E-state index < -0.39 is 0 Å². The third-order valence-electron chi connectivity index (χ3n) is 5.51. The molecule has 9 nitrogen and oxygen atoms in total. The SMILES string of the molecule is Cc1ccc2c(Nc3cc(C(C)(C)C)on3)nccc2c1NC(=O)c1csc2c(N)ncnc12. The van der Waals surface area contributed by atoms with E-state index in [1.54, 1.807) is 11.6 Å². The van der Waals surface area contributed by atoms with Gasteiger partial charge in [-0.05, 0) is 18.6 Å². The fourth-order valence-corrected chi connectivity index (χ4v) is 4.55. The van der Waals surface area contributed by atoms with Crippen molar-refractivity contribution >= 4 is 61.4 Å². The van der Waals surface area contributed by atoms with Gasteiger partial charge in [0.25, 0.3) is 5.91 Å². The summed E-state index contributed by atoms with van der Waals surface area (Å²) in [6, 6.07) is 7.65. The van der Waals surface area contributed by atoms with Gasteiger partial charge >= 0.3 is 0 Å². The van der Waals surface area contributed by atoms with Gasteiger partial charge in [-0.25, -0.2) is 15.0 Å². The first-order valence-electron chi connectivity index (χ1n) is 10.6. The summed E-state index contributed by atoms with van der Waals surface area (Å²) in [5, 5.41) is 13.9. The lowest BCUT2D eigenvalue weighted by Gasteiger charge is -2.14. The van der Waals surface area contributed by atoms with Crippen LogP contribution in [0.5, 0.6) is 0 Å². The van der Waals surface area contributed by atoms with Crippen LogP contribution in [0, 0.1) is 6.92 Å². The number of nitrogen functional groups attached to an aromatic ring is 1. The minimum absolute atomic E-state index is 0.158. The van der Waals surface area contributed by atoms with Crippen LogP contribution in [0.25, 0.3) is 21.0 Å². The van der Waals surface area contributed by atoms with E-state index in [4.69, 9.17) is 10.3 Å². The maximum Gasteiger partial charge on any atom is 0.258 e. The van der Waals surface area contributed by atoms with Crippen molar-refractivity contribution in [1.29, 1.82) is 0 Å². The molecule has 4 heterocycles. The Kier molecular flexibility index (Phi) is 5.17. The van der Waals surface area contributed by atoms with E-state index in [2.05, 4.69) is 51.5 Å². The summed E-state index contributed by atoms with van der Waals surface area (Å²) in [5.74, 6) is 2.05. The van der Waals surface area contributed by atoms with E-state index >= 15 is 0 Å². The number of rotatable bonds is 4. The second-order valence-electron chi connectivity index (χ2n) is 9.00. The molecule has 0 radical (unpaired) electrons. The molecule has 0 aliphatic carbocycles. The number of fused-ring (bicyclic) bond motifs is 2. The molecule has 10 heteroatoms. The predicted molar refractivity (Wildman–Crippen MR) is 135 cm³/mol. The molecule has 0 fully saturated rings. The van der Waals surface area contributed by atoms with Crippen LogP contribution in [0.3, 0.4) is 0 Å². The Labute approximate surface area is 199 Å². The number of anilines is 4. The van der Waals surface area contributed by atoms with Gasteiger partial charge in [0.2, 0.25) is 0 Å². The maximum atomic E-state index is 13.2. The number of hydrogen-bond donors (Lipinski definition) is 3. The van der Waals surface area contributed by atoms with Gasteiger partial charge in [0.1, 0.15) is 23.7 Å². The molecule has 0 saturated heterocycles. The number of hydrogen-bond acceptors (Lipinski definition) is 9. The second-order valence-corrected chi connectivity index (χ2v) is 9.88. The van der Waals surface area contributed by atoms with Gasteiger partial charge in [0, 0.05) is 33.8 Å². The summed E-state index contributed by atoms with van der Waals surface area (Å²) in [6.07, 6.45) is 3.06. The molecule has 4 N–H and O–H groups in total. The number of aromatic nitrogens is 4. The average molecular weight is 474 g/mol. The summed E-state index contributed by atoms with van der Waals surface area (Å²) in [7, 11) is 0. The third-order valence-corrected chi connectivity index (χ3v) is 6.51. The molecule has 0 bridgehead atoms. The number of pyridine rings is 1. The van der Waals surface area contributed by atoms with Crippen LogP contribution in [-0.2, 0) is 5.41 Å². The van der Waals surface area contributed by atoms with E-state index in [-0.39, 0.29) is 11.3 Å². The highest BCUT2D eigenvalue weighted by Crippen LogP contribution is 2.34. The van der Waals surface area contributed by atoms with Crippen molar-refractivity contribution in [3.63, 3.8) is 0 Å². The number of amides is 1. The Morgan fingerprint density at radius 1 is 1.12 bits per heavy atom. The first-order chi connectivity index (χ1) is 16.2. The number of thiophene rings is 1. The highest BCUT2D eigenvalue weighted by Gasteiger charge is 2.21. The summed E-state index contributed by atoms with van der Waals surface area (Å²) in [4.78, 5) is 25.9. The Morgan fingerprint density at radius 2 is 1.94 bits per heavy atom. The molecule has 5 aromatic rings. The Bertz CT molecular complexity index is 1550. The van der Waals surface area contributed by atoms with Gasteiger partial charge in [-0.1, -0.05) is 38.1 Å². The zero-order valence-electron chi connectivity index (χ0n) is 19.1. The van der Waals surface area contributed by atoms with Crippen LogP contribution >= 0.6 is 11.3 Å². The molecule has 172 valence electrons. The van der Waals surface area contributed by atoms with Crippen LogP contribution in [0.2, 0.25) is 0 Å². The number of aryl methyl sites for hydroxylation is 1. The molecule has 0 spiro atoms. The summed E-state index contributed by atoms with van der Waals surface area (Å²) >= 11 is 1.35. The molecule has 0 atom stereocenters. The molecule has 0 aliphatic heterocycles. The Balaban J connectivity index is 1.51. The fraction of sp³-hybridized carbons (Fsp3) is 0.208. The highest BCUT2D eigenvalue weighted by molar-refractivity contribution is 7.18. The molecule has 0 aliphatic rings. The number of nitrogens with zero attached hydrogens (tertiary/aromatic N) is 4. The van der Waals surface area contributed by atoms with E-state index in [0.717, 1.165) is 22.1 Å². The number of nitrogens with two attached hydrogens (primary N) is 1. The number of carbonyl (C=O) groups is 1. The predicted octanol–water partition coefficient (Wildman–Crippen LogP) is 5.41. The van der Waals surface area contributed by atoms with E-state index in [1.165, 1.54) is 17.7 Å². The van der Waals surface area contributed by atoms with Crippen molar-refractivity contribution in [3.8, 4) is 0 Å². The van der Waals surface area contributed by atoms with Crippen molar-refractivity contribution in [1.82, 2.24) is 20.1 Å². The van der Waals surface area contributed by atoms with Gasteiger partial charge in [0.05, 0.1) is 21.5 Å². The largest absolute Gasteiger partial charge is 0.382 e. The number of benzene rings is 1. The van der Waals surface area contributed by atoms with Crippen molar-refractivity contribution in [2.45, 2.75) is 33.1 Å². The number of carbonyl (C=O) groups excluding carboxylic acids is 1. The lowest BCUT2D eigenvalue weighted by Crippen LogP contribution is -2.13. The Hall–Kier alpha value is -4.05. The highest BCUT2D eigenvalue weighted by atomic mass is 32.1. The van der Waals surface area contributed by atoms with Crippen molar-refractivity contribution in [3.05, 3.63) is 59.1 Å². The van der Waals surface area contributed by atoms with Crippen LogP contribution in [0.4, 0.5) is 23.1 Å². The first kappa shape index (κ1) is 21.8. The quantitative estimate of drug-likeness (QED) is 0.316. The second kappa shape index (κ2) is 8.07. The molecule has 5 rings (SSSR count). The standard InChI is InChI=1S/C24H23N7O2S/c1-12-5-6-14-13(7-8-26-22(14)29-17-9-16(33-31-17)24(2,3)4)18(12)30-23(32)15-10-34-20-19(15)27-11-28-21(20)25/h5-11H,1-4H3,(H,30,32)(H2,25,27,28)(H,26,29,31).